The van der Waals surface area contributed by atoms with E-state index in [1.165, 1.54) is 0 Å². The van der Waals surface area contributed by atoms with Crippen molar-refractivity contribution in [3.05, 3.63) is 23.8 Å². The van der Waals surface area contributed by atoms with Crippen molar-refractivity contribution < 1.29 is 4.79 Å². The molecule has 4 nitrogen and oxygen atoms in total. The van der Waals surface area contributed by atoms with Gasteiger partial charge in [-0.05, 0) is 37.1 Å². The minimum atomic E-state index is 0.0273. The number of hydrogen-bond acceptors (Lipinski definition) is 3. The van der Waals surface area contributed by atoms with Gasteiger partial charge in [-0.2, -0.15) is 0 Å². The molecule has 4 heteroatoms. The van der Waals surface area contributed by atoms with Crippen molar-refractivity contribution in [2.45, 2.75) is 34.1 Å². The summed E-state index contributed by atoms with van der Waals surface area (Å²) in [4.78, 5) is 14.2. The molecule has 0 saturated carbocycles. The van der Waals surface area contributed by atoms with Crippen LogP contribution in [-0.2, 0) is 4.79 Å². The van der Waals surface area contributed by atoms with Crippen molar-refractivity contribution in [1.29, 1.82) is 0 Å². The number of nitrogens with two attached hydrogens (primary N) is 1. The Morgan fingerprint density at radius 2 is 2.00 bits per heavy atom. The average Bonchev–Trinajstić information content (AvgIpc) is 2.29. The molecule has 0 bridgehead atoms. The van der Waals surface area contributed by atoms with Crippen molar-refractivity contribution in [3.63, 3.8) is 0 Å². The van der Waals surface area contributed by atoms with E-state index >= 15 is 0 Å². The third-order valence-electron chi connectivity index (χ3n) is 3.00. The molecule has 1 aromatic rings. The number of benzene rings is 1. The van der Waals surface area contributed by atoms with Gasteiger partial charge in [0.1, 0.15) is 0 Å². The van der Waals surface area contributed by atoms with Gasteiger partial charge in [-0.25, -0.2) is 0 Å². The Morgan fingerprint density at radius 1 is 1.35 bits per heavy atom. The SMILES string of the molecule is Cc1ccc(N)cc1NC(=O)CCN(C)CC(C)(C)C. The molecule has 0 aliphatic heterocycles. The zero-order chi connectivity index (χ0) is 15.3. The first-order chi connectivity index (χ1) is 9.17. The van der Waals surface area contributed by atoms with Crippen LogP contribution in [0.2, 0.25) is 0 Å². The number of hydrogen-bond donors (Lipinski definition) is 2. The normalized spacial score (nSPS) is 11.7. The second kappa shape index (κ2) is 6.75. The van der Waals surface area contributed by atoms with Gasteiger partial charge in [-0.1, -0.05) is 26.8 Å². The summed E-state index contributed by atoms with van der Waals surface area (Å²) in [6.45, 7) is 10.3. The molecule has 1 rings (SSSR count). The van der Waals surface area contributed by atoms with Crippen LogP contribution < -0.4 is 11.1 Å². The topological polar surface area (TPSA) is 58.4 Å². The Kier molecular flexibility index (Phi) is 5.57. The lowest BCUT2D eigenvalue weighted by Gasteiger charge is -2.26. The van der Waals surface area contributed by atoms with Crippen molar-refractivity contribution in [2.75, 3.05) is 31.2 Å². The summed E-state index contributed by atoms with van der Waals surface area (Å²) < 4.78 is 0. The van der Waals surface area contributed by atoms with Gasteiger partial charge >= 0.3 is 0 Å². The summed E-state index contributed by atoms with van der Waals surface area (Å²) in [5, 5.41) is 2.92. The van der Waals surface area contributed by atoms with E-state index in [9.17, 15) is 4.79 Å². The fourth-order valence-corrected chi connectivity index (χ4v) is 2.17. The average molecular weight is 277 g/mol. The molecular weight excluding hydrogens is 250 g/mol. The van der Waals surface area contributed by atoms with E-state index in [1.54, 1.807) is 6.07 Å². The molecule has 1 aromatic carbocycles. The highest BCUT2D eigenvalue weighted by atomic mass is 16.1. The van der Waals surface area contributed by atoms with Crippen molar-refractivity contribution in [1.82, 2.24) is 4.90 Å². The van der Waals surface area contributed by atoms with Crippen LogP contribution in [0.4, 0.5) is 11.4 Å². The van der Waals surface area contributed by atoms with Gasteiger partial charge in [0.05, 0.1) is 0 Å². The lowest BCUT2D eigenvalue weighted by atomic mass is 9.96. The Labute approximate surface area is 122 Å². The molecule has 112 valence electrons. The zero-order valence-electron chi connectivity index (χ0n) is 13.3. The highest BCUT2D eigenvalue weighted by Crippen LogP contribution is 2.18. The number of carbonyl (C=O) groups is 1. The molecule has 3 N–H and O–H groups in total. The quantitative estimate of drug-likeness (QED) is 0.814. The maximum Gasteiger partial charge on any atom is 0.225 e. The predicted octanol–water partition coefficient (Wildman–Crippen LogP) is 2.88. The Hall–Kier alpha value is -1.55. The Balaban J connectivity index is 2.46. The van der Waals surface area contributed by atoms with Gasteiger partial charge in [0.25, 0.3) is 0 Å². The van der Waals surface area contributed by atoms with Crippen LogP contribution in [0, 0.1) is 12.3 Å². The van der Waals surface area contributed by atoms with Gasteiger partial charge in [-0.3, -0.25) is 4.79 Å². The summed E-state index contributed by atoms with van der Waals surface area (Å²) >= 11 is 0. The first-order valence-corrected chi connectivity index (χ1v) is 7.02. The van der Waals surface area contributed by atoms with Crippen LogP contribution in [0.25, 0.3) is 0 Å². The van der Waals surface area contributed by atoms with E-state index in [0.29, 0.717) is 12.1 Å². The standard InChI is InChI=1S/C16H27N3O/c1-12-6-7-13(17)10-14(12)18-15(20)8-9-19(5)11-16(2,3)4/h6-7,10H,8-9,11,17H2,1-5H3,(H,18,20). The van der Waals surface area contributed by atoms with E-state index < -0.39 is 0 Å². The molecule has 1 amide bonds. The Morgan fingerprint density at radius 3 is 2.60 bits per heavy atom. The summed E-state index contributed by atoms with van der Waals surface area (Å²) in [6, 6.07) is 5.55. The number of carbonyl (C=O) groups excluding carboxylic acids is 1. The van der Waals surface area contributed by atoms with E-state index in [1.807, 2.05) is 26.1 Å². The van der Waals surface area contributed by atoms with Crippen LogP contribution >= 0.6 is 0 Å². The summed E-state index contributed by atoms with van der Waals surface area (Å²) in [5.74, 6) is 0.0273. The maximum atomic E-state index is 12.0. The molecule has 0 aromatic heterocycles. The van der Waals surface area contributed by atoms with Crippen LogP contribution in [0.15, 0.2) is 18.2 Å². The number of rotatable bonds is 5. The number of nitrogens with zero attached hydrogens (tertiary/aromatic N) is 1. The van der Waals surface area contributed by atoms with Crippen LogP contribution in [0.1, 0.15) is 32.8 Å². The largest absolute Gasteiger partial charge is 0.399 e. The zero-order valence-corrected chi connectivity index (χ0v) is 13.3. The van der Waals surface area contributed by atoms with Crippen molar-refractivity contribution >= 4 is 17.3 Å². The van der Waals surface area contributed by atoms with Crippen LogP contribution in [0.3, 0.4) is 0 Å². The highest BCUT2D eigenvalue weighted by Gasteiger charge is 2.14. The molecule has 0 aliphatic rings. The number of aryl methyl sites for hydroxylation is 1. The number of nitrogens with one attached hydrogen (secondary N) is 1. The number of amides is 1. The van der Waals surface area contributed by atoms with Gasteiger partial charge in [-0.15, -0.1) is 0 Å². The monoisotopic (exact) mass is 277 g/mol. The molecular formula is C16H27N3O. The van der Waals surface area contributed by atoms with Gasteiger partial charge in [0, 0.05) is 30.9 Å². The third kappa shape index (κ3) is 6.06. The molecule has 0 radical (unpaired) electrons. The lowest BCUT2D eigenvalue weighted by Crippen LogP contribution is -2.31. The lowest BCUT2D eigenvalue weighted by molar-refractivity contribution is -0.116. The number of anilines is 2. The van der Waals surface area contributed by atoms with Gasteiger partial charge in [0.15, 0.2) is 0 Å². The predicted molar refractivity (Wildman–Crippen MR) is 85.8 cm³/mol. The van der Waals surface area contributed by atoms with Crippen LogP contribution in [-0.4, -0.2) is 30.9 Å². The highest BCUT2D eigenvalue weighted by molar-refractivity contribution is 5.92. The van der Waals surface area contributed by atoms with Crippen LogP contribution in [0.5, 0.6) is 0 Å². The fraction of sp³-hybridized carbons (Fsp3) is 0.562. The maximum absolute atomic E-state index is 12.0. The second-order valence-electron chi connectivity index (χ2n) is 6.67. The first kappa shape index (κ1) is 16.5. The van der Waals surface area contributed by atoms with Gasteiger partial charge in [0.2, 0.25) is 5.91 Å². The minimum Gasteiger partial charge on any atom is -0.399 e. The minimum absolute atomic E-state index is 0.0273. The van der Waals surface area contributed by atoms with Gasteiger partial charge < -0.3 is 16.0 Å². The molecule has 0 spiro atoms. The summed E-state index contributed by atoms with van der Waals surface area (Å²) in [7, 11) is 2.05. The van der Waals surface area contributed by atoms with Crippen molar-refractivity contribution in [2.24, 2.45) is 5.41 Å². The van der Waals surface area contributed by atoms with E-state index in [-0.39, 0.29) is 11.3 Å². The molecule has 20 heavy (non-hydrogen) atoms. The Bertz CT molecular complexity index is 463. The molecule has 0 fully saturated rings. The van der Waals surface area contributed by atoms with E-state index in [0.717, 1.165) is 24.3 Å². The second-order valence-corrected chi connectivity index (χ2v) is 6.67. The summed E-state index contributed by atoms with van der Waals surface area (Å²) in [5.41, 5.74) is 8.47. The van der Waals surface area contributed by atoms with E-state index in [4.69, 9.17) is 5.73 Å². The third-order valence-corrected chi connectivity index (χ3v) is 3.00. The molecule has 0 heterocycles. The summed E-state index contributed by atoms with van der Waals surface area (Å²) in [6.07, 6.45) is 0.487. The molecule has 0 atom stereocenters. The van der Waals surface area contributed by atoms with E-state index in [2.05, 4.69) is 31.0 Å². The number of nitrogen functional groups attached to an aromatic ring is 1. The molecule has 0 saturated heterocycles. The molecule has 0 aliphatic carbocycles. The van der Waals surface area contributed by atoms with Crippen molar-refractivity contribution in [3.8, 4) is 0 Å². The fourth-order valence-electron chi connectivity index (χ4n) is 2.17. The first-order valence-electron chi connectivity index (χ1n) is 7.02. The molecule has 0 unspecified atom stereocenters. The smallest absolute Gasteiger partial charge is 0.225 e.